The first-order valence-electron chi connectivity index (χ1n) is 8.22. The van der Waals surface area contributed by atoms with E-state index in [1.165, 1.54) is 0 Å². The Hall–Kier alpha value is -2.59. The van der Waals surface area contributed by atoms with Gasteiger partial charge in [-0.25, -0.2) is 4.79 Å². The number of hydrogen-bond acceptors (Lipinski definition) is 4. The third kappa shape index (κ3) is 3.34. The van der Waals surface area contributed by atoms with Crippen molar-refractivity contribution in [2.75, 3.05) is 6.61 Å². The third-order valence-electron chi connectivity index (χ3n) is 4.26. The van der Waals surface area contributed by atoms with Crippen LogP contribution in [0.25, 0.3) is 0 Å². The van der Waals surface area contributed by atoms with Gasteiger partial charge in [0.1, 0.15) is 0 Å². The number of ether oxygens (including phenoxy) is 1. The molecule has 4 heteroatoms. The lowest BCUT2D eigenvalue weighted by Crippen LogP contribution is -2.38. The van der Waals surface area contributed by atoms with E-state index in [9.17, 15) is 4.79 Å². The van der Waals surface area contributed by atoms with Crippen molar-refractivity contribution < 1.29 is 9.53 Å². The Morgan fingerprint density at radius 2 is 1.67 bits per heavy atom. The zero-order valence-corrected chi connectivity index (χ0v) is 13.7. The van der Waals surface area contributed by atoms with Gasteiger partial charge in [-0.1, -0.05) is 60.7 Å². The standard InChI is InChI=1S/C20H22N2O2/c1-2-24-20(23)18-16(21)13-17(14-9-5-3-6-10-14)22-19(18)15-11-7-4-8-12-15/h3-12,17,19,22H,2,13,21H2,1H3/t17-,19-/m0/s1. The molecule has 1 heterocycles. The van der Waals surface area contributed by atoms with Crippen LogP contribution < -0.4 is 11.1 Å². The van der Waals surface area contributed by atoms with Crippen molar-refractivity contribution in [1.29, 1.82) is 0 Å². The Bertz CT molecular complexity index is 726. The van der Waals surface area contributed by atoms with Crippen LogP contribution in [0, 0.1) is 0 Å². The second-order valence-electron chi connectivity index (χ2n) is 5.84. The van der Waals surface area contributed by atoms with E-state index in [0.717, 1.165) is 11.1 Å². The van der Waals surface area contributed by atoms with Gasteiger partial charge in [0.15, 0.2) is 0 Å². The highest BCUT2D eigenvalue weighted by Gasteiger charge is 2.33. The van der Waals surface area contributed by atoms with Crippen molar-refractivity contribution in [3.63, 3.8) is 0 Å². The average Bonchev–Trinajstić information content (AvgIpc) is 2.62. The summed E-state index contributed by atoms with van der Waals surface area (Å²) in [5.74, 6) is -0.345. The summed E-state index contributed by atoms with van der Waals surface area (Å²) in [6.45, 7) is 2.13. The van der Waals surface area contributed by atoms with E-state index < -0.39 is 0 Å². The van der Waals surface area contributed by atoms with Gasteiger partial charge in [0.25, 0.3) is 0 Å². The lowest BCUT2D eigenvalue weighted by Gasteiger charge is -2.33. The van der Waals surface area contributed by atoms with Crippen molar-refractivity contribution in [3.8, 4) is 0 Å². The summed E-state index contributed by atoms with van der Waals surface area (Å²) in [4.78, 5) is 12.4. The van der Waals surface area contributed by atoms with Gasteiger partial charge >= 0.3 is 5.97 Å². The van der Waals surface area contributed by atoms with Gasteiger partial charge in [0.2, 0.25) is 0 Å². The highest BCUT2D eigenvalue weighted by atomic mass is 16.5. The maximum Gasteiger partial charge on any atom is 0.337 e. The molecule has 124 valence electrons. The largest absolute Gasteiger partial charge is 0.463 e. The fourth-order valence-electron chi connectivity index (χ4n) is 3.12. The molecule has 24 heavy (non-hydrogen) atoms. The predicted molar refractivity (Wildman–Crippen MR) is 94.0 cm³/mol. The fourth-order valence-corrected chi connectivity index (χ4v) is 3.12. The fraction of sp³-hybridized carbons (Fsp3) is 0.250. The Labute approximate surface area is 142 Å². The van der Waals surface area contributed by atoms with Gasteiger partial charge < -0.3 is 10.5 Å². The maximum atomic E-state index is 12.4. The van der Waals surface area contributed by atoms with Crippen molar-refractivity contribution in [2.45, 2.75) is 25.4 Å². The van der Waals surface area contributed by atoms with Crippen LogP contribution in [-0.2, 0) is 9.53 Å². The third-order valence-corrected chi connectivity index (χ3v) is 4.26. The topological polar surface area (TPSA) is 64.3 Å². The van der Waals surface area contributed by atoms with E-state index >= 15 is 0 Å². The van der Waals surface area contributed by atoms with Crippen molar-refractivity contribution in [1.82, 2.24) is 5.32 Å². The lowest BCUT2D eigenvalue weighted by molar-refractivity contribution is -0.139. The molecule has 0 fully saturated rings. The summed E-state index contributed by atoms with van der Waals surface area (Å²) in [7, 11) is 0. The summed E-state index contributed by atoms with van der Waals surface area (Å²) in [6, 6.07) is 19.8. The average molecular weight is 322 g/mol. The van der Waals surface area contributed by atoms with E-state index in [4.69, 9.17) is 10.5 Å². The number of carbonyl (C=O) groups excluding carboxylic acids is 1. The molecule has 2 aromatic rings. The number of hydrogen-bond donors (Lipinski definition) is 2. The van der Waals surface area contributed by atoms with Crippen molar-refractivity contribution in [2.24, 2.45) is 5.73 Å². The molecule has 0 aromatic heterocycles. The van der Waals surface area contributed by atoms with E-state index in [1.54, 1.807) is 6.92 Å². The van der Waals surface area contributed by atoms with Gasteiger partial charge in [0, 0.05) is 18.2 Å². The SMILES string of the molecule is CCOC(=O)C1=C(N)C[C@@H](c2ccccc2)N[C@H]1c1ccccc1. The number of carbonyl (C=O) groups is 1. The van der Waals surface area contributed by atoms with Gasteiger partial charge in [-0.3, -0.25) is 5.32 Å². The van der Waals surface area contributed by atoms with Crippen LogP contribution >= 0.6 is 0 Å². The zero-order valence-electron chi connectivity index (χ0n) is 13.7. The molecule has 1 aliphatic rings. The van der Waals surface area contributed by atoms with Crippen molar-refractivity contribution >= 4 is 5.97 Å². The minimum Gasteiger partial charge on any atom is -0.463 e. The van der Waals surface area contributed by atoms with Crippen LogP contribution in [-0.4, -0.2) is 12.6 Å². The highest BCUT2D eigenvalue weighted by Crippen LogP contribution is 2.35. The molecule has 3 N–H and O–H groups in total. The Balaban J connectivity index is 2.00. The molecular weight excluding hydrogens is 300 g/mol. The number of nitrogens with one attached hydrogen (secondary N) is 1. The van der Waals surface area contributed by atoms with Crippen LogP contribution in [0.5, 0.6) is 0 Å². The number of rotatable bonds is 4. The van der Waals surface area contributed by atoms with Gasteiger partial charge in [-0.2, -0.15) is 0 Å². The molecule has 0 amide bonds. The Morgan fingerprint density at radius 3 is 2.25 bits per heavy atom. The summed E-state index contributed by atoms with van der Waals surface area (Å²) >= 11 is 0. The molecule has 0 saturated carbocycles. The van der Waals surface area contributed by atoms with Gasteiger partial charge in [-0.05, 0) is 18.1 Å². The molecule has 4 nitrogen and oxygen atoms in total. The smallest absolute Gasteiger partial charge is 0.337 e. The monoisotopic (exact) mass is 322 g/mol. The summed E-state index contributed by atoms with van der Waals surface area (Å²) in [6.07, 6.45) is 0.585. The molecule has 0 aliphatic carbocycles. The van der Waals surface area contributed by atoms with Crippen LogP contribution in [0.3, 0.4) is 0 Å². The first kappa shape index (κ1) is 16.3. The molecule has 0 saturated heterocycles. The van der Waals surface area contributed by atoms with Gasteiger partial charge in [0.05, 0.1) is 18.2 Å². The zero-order chi connectivity index (χ0) is 16.9. The van der Waals surface area contributed by atoms with Crippen LogP contribution in [0.1, 0.15) is 36.6 Å². The number of benzene rings is 2. The summed E-state index contributed by atoms with van der Waals surface area (Å²) in [5, 5.41) is 3.57. The highest BCUT2D eigenvalue weighted by molar-refractivity contribution is 5.91. The molecular formula is C20H22N2O2. The van der Waals surface area contributed by atoms with E-state index in [0.29, 0.717) is 24.3 Å². The lowest BCUT2D eigenvalue weighted by atomic mass is 9.87. The second-order valence-corrected chi connectivity index (χ2v) is 5.84. The van der Waals surface area contributed by atoms with Gasteiger partial charge in [-0.15, -0.1) is 0 Å². The molecule has 0 radical (unpaired) electrons. The second kappa shape index (κ2) is 7.32. The minimum absolute atomic E-state index is 0.0644. The first-order valence-corrected chi connectivity index (χ1v) is 8.22. The molecule has 0 bridgehead atoms. The Kier molecular flexibility index (Phi) is 4.96. The molecule has 2 aromatic carbocycles. The Morgan fingerprint density at radius 1 is 1.08 bits per heavy atom. The summed E-state index contributed by atoms with van der Waals surface area (Å²) in [5.41, 5.74) is 9.58. The molecule has 0 unspecified atom stereocenters. The van der Waals surface area contributed by atoms with Crippen molar-refractivity contribution in [3.05, 3.63) is 83.1 Å². The predicted octanol–water partition coefficient (Wildman–Crippen LogP) is 3.24. The number of esters is 1. The molecule has 3 rings (SSSR count). The normalized spacial score (nSPS) is 20.7. The number of nitrogens with two attached hydrogens (primary N) is 1. The van der Waals surface area contributed by atoms with Crippen LogP contribution in [0.4, 0.5) is 0 Å². The quantitative estimate of drug-likeness (QED) is 0.848. The minimum atomic E-state index is -0.345. The summed E-state index contributed by atoms with van der Waals surface area (Å²) < 4.78 is 5.23. The van der Waals surface area contributed by atoms with E-state index in [1.807, 2.05) is 48.5 Å². The van der Waals surface area contributed by atoms with Crippen LogP contribution in [0.15, 0.2) is 71.9 Å². The molecule has 2 atom stereocenters. The van der Waals surface area contributed by atoms with E-state index in [-0.39, 0.29) is 18.1 Å². The van der Waals surface area contributed by atoms with Crippen LogP contribution in [0.2, 0.25) is 0 Å². The maximum absolute atomic E-state index is 12.4. The molecule has 1 aliphatic heterocycles. The van der Waals surface area contributed by atoms with E-state index in [2.05, 4.69) is 17.4 Å². The molecule has 0 spiro atoms. The first-order chi connectivity index (χ1) is 11.7.